The first-order valence-electron chi connectivity index (χ1n) is 5.21. The van der Waals surface area contributed by atoms with Gasteiger partial charge in [0.15, 0.2) is 5.56 Å². The van der Waals surface area contributed by atoms with E-state index < -0.39 is 0 Å². The van der Waals surface area contributed by atoms with Crippen molar-refractivity contribution in [2.24, 2.45) is 0 Å². The monoisotopic (exact) mass is 228 g/mol. The Labute approximate surface area is 95.8 Å². The van der Waals surface area contributed by atoms with Gasteiger partial charge in [-0.05, 0) is 31.0 Å². The summed E-state index contributed by atoms with van der Waals surface area (Å²) in [6.07, 6.45) is 2.57. The Morgan fingerprint density at radius 1 is 1.33 bits per heavy atom. The van der Waals surface area contributed by atoms with Crippen LogP contribution >= 0.6 is 11.6 Å². The third kappa shape index (κ3) is 5.05. The van der Waals surface area contributed by atoms with Crippen LogP contribution in [0.5, 0.6) is 5.75 Å². The molecule has 2 rings (SSSR count). The van der Waals surface area contributed by atoms with Crippen molar-refractivity contribution >= 4 is 11.6 Å². The van der Waals surface area contributed by atoms with E-state index in [2.05, 4.69) is 11.7 Å². The molecule has 1 aliphatic rings. The molecule has 0 amide bonds. The van der Waals surface area contributed by atoms with Gasteiger partial charge in [-0.25, -0.2) is 0 Å². The molecule has 2 unspecified atom stereocenters. The van der Waals surface area contributed by atoms with Crippen LogP contribution < -0.4 is 0 Å². The van der Waals surface area contributed by atoms with Crippen molar-refractivity contribution < 1.29 is 9.84 Å². The summed E-state index contributed by atoms with van der Waals surface area (Å²) < 4.78 is 4.68. The van der Waals surface area contributed by atoms with Gasteiger partial charge in [-0.1, -0.05) is 37.1 Å². The maximum atomic E-state index is 8.92. The molecule has 1 heterocycles. The molecule has 3 heteroatoms. The molecule has 0 aliphatic carbocycles. The van der Waals surface area contributed by atoms with Crippen molar-refractivity contribution in [1.82, 2.24) is 0 Å². The normalized spacial score (nSPS) is 22.9. The number of rotatable bonds is 2. The molecule has 84 valence electrons. The molecule has 1 aromatic carbocycles. The maximum Gasteiger partial charge on any atom is 0.157 e. The summed E-state index contributed by atoms with van der Waals surface area (Å²) in [6.45, 7) is 4.09. The van der Waals surface area contributed by atoms with Gasteiger partial charge >= 0.3 is 0 Å². The SMILES string of the molecule is CC1OC1Cl.CCCc1ccc(O)cc1. The van der Waals surface area contributed by atoms with Gasteiger partial charge in [-0.15, -0.1) is 0 Å². The van der Waals surface area contributed by atoms with Crippen molar-refractivity contribution in [2.45, 2.75) is 38.4 Å². The molecule has 2 atom stereocenters. The third-order valence-electron chi connectivity index (χ3n) is 2.11. The van der Waals surface area contributed by atoms with Crippen LogP contribution in [0.1, 0.15) is 25.8 Å². The highest BCUT2D eigenvalue weighted by molar-refractivity contribution is 6.21. The van der Waals surface area contributed by atoms with Crippen molar-refractivity contribution in [3.05, 3.63) is 29.8 Å². The number of aryl methyl sites for hydroxylation is 1. The lowest BCUT2D eigenvalue weighted by molar-refractivity contribution is 0.411. The van der Waals surface area contributed by atoms with E-state index in [4.69, 9.17) is 16.7 Å². The van der Waals surface area contributed by atoms with Crippen LogP contribution in [0, 0.1) is 0 Å². The fraction of sp³-hybridized carbons (Fsp3) is 0.500. The molecule has 2 nitrogen and oxygen atoms in total. The van der Waals surface area contributed by atoms with Crippen molar-refractivity contribution in [1.29, 1.82) is 0 Å². The van der Waals surface area contributed by atoms with E-state index in [9.17, 15) is 0 Å². The second-order valence-electron chi connectivity index (χ2n) is 3.61. The number of ether oxygens (including phenoxy) is 1. The Hall–Kier alpha value is -0.730. The molecule has 0 radical (unpaired) electrons. The number of phenols is 1. The molecule has 0 aromatic heterocycles. The van der Waals surface area contributed by atoms with Gasteiger partial charge in [0.05, 0.1) is 6.10 Å². The van der Waals surface area contributed by atoms with Crippen LogP contribution in [-0.4, -0.2) is 16.8 Å². The Kier molecular flexibility index (Phi) is 4.92. The van der Waals surface area contributed by atoms with Gasteiger partial charge in [-0.3, -0.25) is 0 Å². The van der Waals surface area contributed by atoms with Crippen LogP contribution in [0.25, 0.3) is 0 Å². The van der Waals surface area contributed by atoms with E-state index in [-0.39, 0.29) is 5.56 Å². The molecular weight excluding hydrogens is 212 g/mol. The Morgan fingerprint density at radius 3 is 2.13 bits per heavy atom. The summed E-state index contributed by atoms with van der Waals surface area (Å²) in [5.41, 5.74) is 1.32. The van der Waals surface area contributed by atoms with Crippen molar-refractivity contribution in [3.63, 3.8) is 0 Å². The number of epoxide rings is 1. The number of phenolic OH excluding ortho intramolecular Hbond substituents is 1. The second kappa shape index (κ2) is 5.99. The molecule has 1 aromatic rings. The summed E-state index contributed by atoms with van der Waals surface area (Å²) in [4.78, 5) is 0. The number of aromatic hydroxyl groups is 1. The number of hydrogen-bond donors (Lipinski definition) is 1. The predicted octanol–water partition coefficient (Wildman–Crippen LogP) is 3.31. The number of alkyl halides is 1. The van der Waals surface area contributed by atoms with Gasteiger partial charge in [0, 0.05) is 0 Å². The van der Waals surface area contributed by atoms with Crippen molar-refractivity contribution in [3.8, 4) is 5.75 Å². The smallest absolute Gasteiger partial charge is 0.157 e. The first kappa shape index (κ1) is 12.3. The van der Waals surface area contributed by atoms with Gasteiger partial charge in [0.2, 0.25) is 0 Å². The van der Waals surface area contributed by atoms with E-state index in [1.807, 2.05) is 19.1 Å². The summed E-state index contributed by atoms with van der Waals surface area (Å²) >= 11 is 5.31. The largest absolute Gasteiger partial charge is 0.508 e. The minimum absolute atomic E-state index is 0.0231. The zero-order valence-electron chi connectivity index (χ0n) is 9.11. The van der Waals surface area contributed by atoms with Gasteiger partial charge < -0.3 is 9.84 Å². The zero-order chi connectivity index (χ0) is 11.3. The zero-order valence-corrected chi connectivity index (χ0v) is 9.87. The minimum atomic E-state index is 0.0231. The van der Waals surface area contributed by atoms with Crippen LogP contribution in [0.2, 0.25) is 0 Å². The Morgan fingerprint density at radius 2 is 1.80 bits per heavy atom. The average molecular weight is 229 g/mol. The number of benzene rings is 1. The minimum Gasteiger partial charge on any atom is -0.508 e. The predicted molar refractivity (Wildman–Crippen MR) is 62.3 cm³/mol. The van der Waals surface area contributed by atoms with E-state index >= 15 is 0 Å². The van der Waals surface area contributed by atoms with E-state index in [1.165, 1.54) is 5.56 Å². The molecule has 15 heavy (non-hydrogen) atoms. The number of halogens is 1. The molecule has 0 spiro atoms. The van der Waals surface area contributed by atoms with Crippen LogP contribution in [0.15, 0.2) is 24.3 Å². The molecule has 1 fully saturated rings. The standard InChI is InChI=1S/C9H12O.C3H5ClO/c1-2-3-8-4-6-9(10)7-5-8;1-2-3(4)5-2/h4-7,10H,2-3H2,1H3;2-3H,1H3. The van der Waals surface area contributed by atoms with E-state index in [1.54, 1.807) is 12.1 Å². The Bertz CT molecular complexity index is 278. The van der Waals surface area contributed by atoms with Gasteiger partial charge in [-0.2, -0.15) is 0 Å². The number of hydrogen-bond acceptors (Lipinski definition) is 2. The summed E-state index contributed by atoms with van der Waals surface area (Å²) in [6, 6.07) is 7.37. The summed E-state index contributed by atoms with van der Waals surface area (Å²) in [5, 5.41) is 8.92. The van der Waals surface area contributed by atoms with E-state index in [0.717, 1.165) is 12.8 Å². The molecule has 1 saturated heterocycles. The lowest BCUT2D eigenvalue weighted by Crippen LogP contribution is -1.79. The molecule has 0 bridgehead atoms. The van der Waals surface area contributed by atoms with Gasteiger partial charge in [0.25, 0.3) is 0 Å². The fourth-order valence-corrected chi connectivity index (χ4v) is 1.27. The summed E-state index contributed by atoms with van der Waals surface area (Å²) in [5.74, 6) is 0.347. The first-order chi connectivity index (χ1) is 7.13. The fourth-order valence-electron chi connectivity index (χ4n) is 1.11. The molecule has 0 saturated carbocycles. The average Bonchev–Trinajstić information content (AvgIpc) is 2.85. The molecular formula is C12H17ClO2. The Balaban J connectivity index is 0.000000187. The third-order valence-corrected chi connectivity index (χ3v) is 2.57. The van der Waals surface area contributed by atoms with Crippen LogP contribution in [0.4, 0.5) is 0 Å². The lowest BCUT2D eigenvalue weighted by atomic mass is 10.1. The lowest BCUT2D eigenvalue weighted by Gasteiger charge is -1.96. The second-order valence-corrected chi connectivity index (χ2v) is 4.04. The van der Waals surface area contributed by atoms with Crippen LogP contribution in [-0.2, 0) is 11.2 Å². The van der Waals surface area contributed by atoms with Crippen molar-refractivity contribution in [2.75, 3.05) is 0 Å². The highest BCUT2D eigenvalue weighted by Crippen LogP contribution is 2.23. The highest BCUT2D eigenvalue weighted by atomic mass is 35.5. The summed E-state index contributed by atoms with van der Waals surface area (Å²) in [7, 11) is 0. The van der Waals surface area contributed by atoms with E-state index in [0.29, 0.717) is 11.9 Å². The van der Waals surface area contributed by atoms with Gasteiger partial charge in [0.1, 0.15) is 5.75 Å². The quantitative estimate of drug-likeness (QED) is 0.622. The van der Waals surface area contributed by atoms with Crippen LogP contribution in [0.3, 0.4) is 0 Å². The molecule has 1 aliphatic heterocycles. The first-order valence-corrected chi connectivity index (χ1v) is 5.64. The topological polar surface area (TPSA) is 32.8 Å². The molecule has 1 N–H and O–H groups in total. The highest BCUT2D eigenvalue weighted by Gasteiger charge is 2.30. The maximum absolute atomic E-state index is 8.92.